The van der Waals surface area contributed by atoms with Crippen molar-refractivity contribution in [3.8, 4) is 23.1 Å². The first-order valence-corrected chi connectivity index (χ1v) is 16.6. The molecule has 1 aliphatic rings. The summed E-state index contributed by atoms with van der Waals surface area (Å²) in [6.45, 7) is 2.16. The summed E-state index contributed by atoms with van der Waals surface area (Å²) in [6.07, 6.45) is 6.52. The summed E-state index contributed by atoms with van der Waals surface area (Å²) in [4.78, 5) is 0. The van der Waals surface area contributed by atoms with E-state index in [1.807, 2.05) is 0 Å². The van der Waals surface area contributed by atoms with Crippen LogP contribution in [0.25, 0.3) is 77.7 Å². The van der Waals surface area contributed by atoms with E-state index in [1.165, 1.54) is 38.2 Å². The maximum atomic E-state index is 11.5. The van der Waals surface area contributed by atoms with Crippen LogP contribution in [0.3, 0.4) is 0 Å². The third-order valence-electron chi connectivity index (χ3n) is 10.3. The van der Waals surface area contributed by atoms with Gasteiger partial charge in [-0.3, -0.25) is 0 Å². The lowest BCUT2D eigenvalue weighted by molar-refractivity contribution is 0.959. The number of nitrogens with zero attached hydrogens (tertiary/aromatic N) is 4. The van der Waals surface area contributed by atoms with Crippen molar-refractivity contribution in [2.45, 2.75) is 19.8 Å². The molecule has 48 heavy (non-hydrogen) atoms. The molecule has 0 N–H and O–H groups in total. The lowest BCUT2D eigenvalue weighted by atomic mass is 10.00. The molecule has 4 heteroatoms. The summed E-state index contributed by atoms with van der Waals surface area (Å²) < 4.78 is 7.05. The van der Waals surface area contributed by atoms with Gasteiger partial charge in [0.15, 0.2) is 0 Å². The van der Waals surface area contributed by atoms with Gasteiger partial charge in [0.25, 0.3) is 0 Å². The van der Waals surface area contributed by atoms with Crippen LogP contribution in [0.1, 0.15) is 28.8 Å². The maximum Gasteiger partial charge on any atom is 0.104 e. The van der Waals surface area contributed by atoms with Crippen molar-refractivity contribution in [2.24, 2.45) is 0 Å². The first-order valence-electron chi connectivity index (χ1n) is 16.6. The number of hydrogen-bond acceptors (Lipinski definition) is 1. The predicted octanol–water partition coefficient (Wildman–Crippen LogP) is 11.0. The zero-order chi connectivity index (χ0) is 31.9. The number of aromatic nitrogens is 3. The van der Waals surface area contributed by atoms with Crippen LogP contribution < -0.4 is 0 Å². The fourth-order valence-electron chi connectivity index (χ4n) is 8.34. The molecule has 226 valence electrons. The van der Waals surface area contributed by atoms with Gasteiger partial charge < -0.3 is 13.7 Å². The minimum Gasteiger partial charge on any atom is -0.308 e. The van der Waals surface area contributed by atoms with Gasteiger partial charge in [-0.15, -0.1) is 0 Å². The smallest absolute Gasteiger partial charge is 0.104 e. The van der Waals surface area contributed by atoms with E-state index in [1.54, 1.807) is 0 Å². The monoisotopic (exact) mass is 614 g/mol. The zero-order valence-electron chi connectivity index (χ0n) is 26.5. The number of nitriles is 1. The van der Waals surface area contributed by atoms with Gasteiger partial charge in [0.2, 0.25) is 0 Å². The van der Waals surface area contributed by atoms with Gasteiger partial charge in [0, 0.05) is 32.6 Å². The largest absolute Gasteiger partial charge is 0.308 e. The molecule has 9 aromatic rings. The molecule has 3 heterocycles. The van der Waals surface area contributed by atoms with Gasteiger partial charge in [-0.05, 0) is 73.4 Å². The molecular weight excluding hydrogens is 585 g/mol. The number of para-hydroxylation sites is 5. The molecule has 1 aliphatic carbocycles. The van der Waals surface area contributed by atoms with E-state index in [-0.39, 0.29) is 0 Å². The molecule has 10 rings (SSSR count). The van der Waals surface area contributed by atoms with E-state index >= 15 is 0 Å². The van der Waals surface area contributed by atoms with Gasteiger partial charge in [0.1, 0.15) is 11.6 Å². The minimum absolute atomic E-state index is 0.654. The highest BCUT2D eigenvalue weighted by molar-refractivity contribution is 6.12. The molecule has 3 aromatic heterocycles. The Kier molecular flexibility index (Phi) is 5.65. The summed E-state index contributed by atoms with van der Waals surface area (Å²) >= 11 is 0. The summed E-state index contributed by atoms with van der Waals surface area (Å²) in [5, 5.41) is 17.5. The van der Waals surface area contributed by atoms with Crippen LogP contribution in [-0.2, 0) is 6.42 Å². The highest BCUT2D eigenvalue weighted by Gasteiger charge is 2.28. The molecule has 0 aliphatic heterocycles. The summed E-state index contributed by atoms with van der Waals surface area (Å²) in [5.41, 5.74) is 12.5. The molecule has 0 unspecified atom stereocenters. The fraction of sp³-hybridized carbons (Fsp3) is 0.0682. The van der Waals surface area contributed by atoms with Crippen LogP contribution >= 0.6 is 0 Å². The third-order valence-corrected chi connectivity index (χ3v) is 10.3. The topological polar surface area (TPSA) is 38.6 Å². The van der Waals surface area contributed by atoms with Gasteiger partial charge >= 0.3 is 0 Å². The molecule has 0 radical (unpaired) electrons. The van der Waals surface area contributed by atoms with Crippen LogP contribution in [0.5, 0.6) is 0 Å². The van der Waals surface area contributed by atoms with E-state index in [9.17, 15) is 5.26 Å². The number of hydrogen-bond donors (Lipinski definition) is 0. The number of allylic oxidation sites excluding steroid dienone is 1. The normalized spacial score (nSPS) is 12.8. The number of rotatable bonds is 3. The van der Waals surface area contributed by atoms with Crippen molar-refractivity contribution in [3.05, 3.63) is 156 Å². The van der Waals surface area contributed by atoms with Crippen molar-refractivity contribution < 1.29 is 0 Å². The molecule has 0 amide bonds. The van der Waals surface area contributed by atoms with Crippen LogP contribution in [0.2, 0.25) is 0 Å². The van der Waals surface area contributed by atoms with E-state index < -0.39 is 0 Å². The number of benzene rings is 6. The standard InChI is InChI=1S/C44H30N4/c1-28-26-42(46-36-20-8-2-14-29(36)30-15-3-9-21-37(30)46)44(48-40-24-12-6-18-33(40)34-19-7-13-25-41(34)48)35(27-45)43(28)47-38-22-10-4-16-31(38)32-17-5-11-23-39(32)47/h2-4,6-16,18-26H,5,17H2,1H3. The second-order valence-corrected chi connectivity index (χ2v) is 12.8. The van der Waals surface area contributed by atoms with E-state index in [2.05, 4.69) is 166 Å². The number of aryl methyl sites for hydroxylation is 2. The van der Waals surface area contributed by atoms with Gasteiger partial charge in [-0.2, -0.15) is 5.26 Å². The van der Waals surface area contributed by atoms with Crippen molar-refractivity contribution in [3.63, 3.8) is 0 Å². The Morgan fingerprint density at radius 2 is 1.00 bits per heavy atom. The maximum absolute atomic E-state index is 11.5. The molecule has 4 nitrogen and oxygen atoms in total. The van der Waals surface area contributed by atoms with Gasteiger partial charge in [-0.25, -0.2) is 0 Å². The lowest BCUT2D eigenvalue weighted by Gasteiger charge is -2.24. The molecular formula is C44H30N4. The minimum atomic E-state index is 0.654. The average Bonchev–Trinajstić information content (AvgIpc) is 3.77. The zero-order valence-corrected chi connectivity index (χ0v) is 26.5. The third kappa shape index (κ3) is 3.53. The Morgan fingerprint density at radius 1 is 0.542 bits per heavy atom. The van der Waals surface area contributed by atoms with Crippen molar-refractivity contribution in [1.82, 2.24) is 13.7 Å². The summed E-state index contributed by atoms with van der Waals surface area (Å²) in [5.74, 6) is 0. The Bertz CT molecular complexity index is 2760. The van der Waals surface area contributed by atoms with Gasteiger partial charge in [-0.1, -0.05) is 97.1 Å². The van der Waals surface area contributed by atoms with E-state index in [0.29, 0.717) is 5.56 Å². The fourth-order valence-corrected chi connectivity index (χ4v) is 8.34. The molecule has 0 atom stereocenters. The quantitative estimate of drug-likeness (QED) is 0.195. The predicted molar refractivity (Wildman–Crippen MR) is 199 cm³/mol. The Hall–Kier alpha value is -6.31. The van der Waals surface area contributed by atoms with E-state index in [0.717, 1.165) is 63.1 Å². The molecule has 0 spiro atoms. The first kappa shape index (κ1) is 26.9. The van der Waals surface area contributed by atoms with Crippen molar-refractivity contribution in [1.29, 1.82) is 5.26 Å². The van der Waals surface area contributed by atoms with Crippen LogP contribution in [0, 0.1) is 18.3 Å². The van der Waals surface area contributed by atoms with Crippen LogP contribution in [0.15, 0.2) is 133 Å². The average molecular weight is 615 g/mol. The Morgan fingerprint density at radius 3 is 1.52 bits per heavy atom. The highest BCUT2D eigenvalue weighted by Crippen LogP contribution is 2.43. The molecule has 6 aromatic carbocycles. The summed E-state index contributed by atoms with van der Waals surface area (Å²) in [7, 11) is 0. The molecule has 0 saturated carbocycles. The highest BCUT2D eigenvalue weighted by atomic mass is 15.1. The molecule has 0 fully saturated rings. The SMILES string of the molecule is Cc1cc(-n2c3ccccc3c3ccccc32)c(-n2c3ccccc3c3ccccc32)c(C#N)c1-n1c2c(c3ccccc31)CCC=C2. The lowest BCUT2D eigenvalue weighted by Crippen LogP contribution is -2.12. The Balaban J connectivity index is 1.45. The second-order valence-electron chi connectivity index (χ2n) is 12.8. The number of fused-ring (bicyclic) bond motifs is 9. The van der Waals surface area contributed by atoms with Crippen molar-refractivity contribution >= 4 is 60.6 Å². The molecule has 0 bridgehead atoms. The first-order chi connectivity index (χ1) is 23.7. The van der Waals surface area contributed by atoms with Crippen LogP contribution in [-0.4, -0.2) is 13.7 Å². The van der Waals surface area contributed by atoms with Crippen LogP contribution in [0.4, 0.5) is 0 Å². The Labute approximate surface area is 277 Å². The van der Waals surface area contributed by atoms with Crippen molar-refractivity contribution in [2.75, 3.05) is 0 Å². The molecule has 0 saturated heterocycles. The van der Waals surface area contributed by atoms with Gasteiger partial charge in [0.05, 0.1) is 44.6 Å². The summed E-state index contributed by atoms with van der Waals surface area (Å²) in [6, 6.07) is 48.1. The second kappa shape index (κ2) is 10.1. The van der Waals surface area contributed by atoms with E-state index in [4.69, 9.17) is 0 Å².